The van der Waals surface area contributed by atoms with E-state index in [2.05, 4.69) is 15.1 Å². The topological polar surface area (TPSA) is 71.1 Å². The molecule has 0 spiro atoms. The molecular weight excluding hydrogens is 274 g/mol. The molecule has 122 valence electrons. The van der Waals surface area contributed by atoms with Crippen LogP contribution in [0, 0.1) is 0 Å². The number of amides is 1. The molecule has 1 aliphatic rings. The van der Waals surface area contributed by atoms with Crippen LogP contribution in [0.15, 0.2) is 0 Å². The Morgan fingerprint density at radius 3 is 2.29 bits per heavy atom. The minimum absolute atomic E-state index is 0.166. The van der Waals surface area contributed by atoms with Gasteiger partial charge in [0.1, 0.15) is 5.60 Å². The highest BCUT2D eigenvalue weighted by Gasteiger charge is 2.21. The quantitative estimate of drug-likeness (QED) is 0.764. The van der Waals surface area contributed by atoms with E-state index in [1.807, 2.05) is 25.8 Å². The molecule has 0 bridgehead atoms. The number of hydrogen-bond donors (Lipinski definition) is 1. The van der Waals surface area contributed by atoms with Crippen LogP contribution in [-0.2, 0) is 14.3 Å². The van der Waals surface area contributed by atoms with Gasteiger partial charge in [-0.2, -0.15) is 0 Å². The van der Waals surface area contributed by atoms with E-state index in [1.165, 1.54) is 7.11 Å². The van der Waals surface area contributed by atoms with Crippen molar-refractivity contribution in [3.05, 3.63) is 0 Å². The van der Waals surface area contributed by atoms with Gasteiger partial charge in [0.25, 0.3) is 0 Å². The average molecular weight is 301 g/mol. The number of rotatable bonds is 5. The molecule has 0 aliphatic carbocycles. The molecule has 1 saturated heterocycles. The maximum atomic E-state index is 11.6. The number of ether oxygens (including phenoxy) is 2. The van der Waals surface area contributed by atoms with E-state index in [4.69, 9.17) is 4.74 Å². The van der Waals surface area contributed by atoms with Crippen molar-refractivity contribution in [3.8, 4) is 0 Å². The monoisotopic (exact) mass is 301 g/mol. The summed E-state index contributed by atoms with van der Waals surface area (Å²) < 4.78 is 9.83. The molecule has 1 heterocycles. The molecule has 0 unspecified atom stereocenters. The molecule has 0 aromatic rings. The lowest BCUT2D eigenvalue weighted by Gasteiger charge is -2.34. The smallest absolute Gasteiger partial charge is 0.422 e. The molecule has 0 saturated carbocycles. The summed E-state index contributed by atoms with van der Waals surface area (Å²) in [4.78, 5) is 25.0. The van der Waals surface area contributed by atoms with Crippen molar-refractivity contribution in [1.82, 2.24) is 15.3 Å². The van der Waals surface area contributed by atoms with Gasteiger partial charge in [0.2, 0.25) is 0 Å². The second kappa shape index (κ2) is 8.19. The van der Waals surface area contributed by atoms with Gasteiger partial charge in [-0.05, 0) is 33.7 Å². The number of hydrogen-bond acceptors (Lipinski definition) is 6. The molecule has 7 heteroatoms. The fraction of sp³-hybridized carbons (Fsp3) is 0.857. The first-order chi connectivity index (χ1) is 9.80. The Bertz CT molecular complexity index is 347. The number of nitrogens with zero attached hydrogens (tertiary/aromatic N) is 2. The van der Waals surface area contributed by atoms with Crippen molar-refractivity contribution in [2.24, 2.45) is 0 Å². The van der Waals surface area contributed by atoms with Gasteiger partial charge in [0.05, 0.1) is 7.11 Å². The molecule has 1 rings (SSSR count). The third-order valence-corrected chi connectivity index (χ3v) is 3.10. The lowest BCUT2D eigenvalue weighted by molar-refractivity contribution is -0.140. The number of piperazine rings is 1. The first-order valence-electron chi connectivity index (χ1n) is 7.34. The van der Waals surface area contributed by atoms with Crippen LogP contribution in [0.5, 0.6) is 0 Å². The average Bonchev–Trinajstić information content (AvgIpc) is 2.38. The van der Waals surface area contributed by atoms with E-state index in [0.29, 0.717) is 6.42 Å². The highest BCUT2D eigenvalue weighted by atomic mass is 16.6. The molecule has 0 radical (unpaired) electrons. The fourth-order valence-corrected chi connectivity index (χ4v) is 2.06. The molecule has 0 atom stereocenters. The first-order valence-corrected chi connectivity index (χ1v) is 7.34. The Morgan fingerprint density at radius 2 is 1.76 bits per heavy atom. The summed E-state index contributed by atoms with van der Waals surface area (Å²) in [7, 11) is 1.41. The lowest BCUT2D eigenvalue weighted by Crippen LogP contribution is -2.54. The summed E-state index contributed by atoms with van der Waals surface area (Å²) in [5.74, 6) is -0.166. The molecule has 21 heavy (non-hydrogen) atoms. The zero-order valence-electron chi connectivity index (χ0n) is 13.5. The normalized spacial score (nSPS) is 17.3. The molecule has 1 fully saturated rings. The van der Waals surface area contributed by atoms with Gasteiger partial charge in [-0.3, -0.25) is 10.2 Å². The van der Waals surface area contributed by atoms with Gasteiger partial charge < -0.3 is 14.4 Å². The summed E-state index contributed by atoms with van der Waals surface area (Å²) in [5.41, 5.74) is 2.26. The number of hydrazine groups is 1. The maximum Gasteiger partial charge on any atom is 0.422 e. The van der Waals surface area contributed by atoms with E-state index in [-0.39, 0.29) is 5.97 Å². The summed E-state index contributed by atoms with van der Waals surface area (Å²) in [6, 6.07) is 0. The number of carbonyl (C=O) groups excluding carboxylic acids is 2. The van der Waals surface area contributed by atoms with E-state index in [9.17, 15) is 9.59 Å². The van der Waals surface area contributed by atoms with Crippen molar-refractivity contribution in [3.63, 3.8) is 0 Å². The van der Waals surface area contributed by atoms with Crippen LogP contribution >= 0.6 is 0 Å². The maximum absolute atomic E-state index is 11.6. The predicted octanol–water partition coefficient (Wildman–Crippen LogP) is 0.997. The van der Waals surface area contributed by atoms with Crippen LogP contribution in [0.25, 0.3) is 0 Å². The minimum Gasteiger partial charge on any atom is -0.469 e. The Balaban J connectivity index is 2.17. The van der Waals surface area contributed by atoms with Crippen molar-refractivity contribution in [1.29, 1.82) is 0 Å². The van der Waals surface area contributed by atoms with Crippen molar-refractivity contribution in [2.75, 3.05) is 39.8 Å². The Morgan fingerprint density at radius 1 is 1.14 bits per heavy atom. The Kier molecular flexibility index (Phi) is 6.91. The van der Waals surface area contributed by atoms with Crippen LogP contribution in [-0.4, -0.2) is 67.4 Å². The summed E-state index contributed by atoms with van der Waals surface area (Å²) in [5, 5.41) is 1.87. The van der Waals surface area contributed by atoms with Crippen molar-refractivity contribution in [2.45, 2.75) is 39.2 Å². The SMILES string of the molecule is COC(=O)CCCN1CCN(NC(=O)OC(C)(C)C)CC1. The van der Waals surface area contributed by atoms with E-state index in [0.717, 1.165) is 39.1 Å². The highest BCUT2D eigenvalue weighted by molar-refractivity contribution is 5.69. The fourth-order valence-electron chi connectivity index (χ4n) is 2.06. The van der Waals surface area contributed by atoms with Crippen LogP contribution in [0.3, 0.4) is 0 Å². The molecule has 7 nitrogen and oxygen atoms in total. The summed E-state index contributed by atoms with van der Waals surface area (Å²) in [6.07, 6.45) is 0.834. The molecular formula is C14H27N3O4. The van der Waals surface area contributed by atoms with E-state index >= 15 is 0 Å². The van der Waals surface area contributed by atoms with Gasteiger partial charge in [0.15, 0.2) is 0 Å². The third kappa shape index (κ3) is 7.87. The zero-order chi connectivity index (χ0) is 15.9. The number of methoxy groups -OCH3 is 1. The second-order valence-corrected chi connectivity index (χ2v) is 6.12. The van der Waals surface area contributed by atoms with Gasteiger partial charge in [0, 0.05) is 32.6 Å². The van der Waals surface area contributed by atoms with Crippen LogP contribution < -0.4 is 5.43 Å². The molecule has 1 aliphatic heterocycles. The van der Waals surface area contributed by atoms with Crippen LogP contribution in [0.2, 0.25) is 0 Å². The third-order valence-electron chi connectivity index (χ3n) is 3.10. The predicted molar refractivity (Wildman–Crippen MR) is 78.6 cm³/mol. The minimum atomic E-state index is -0.486. The largest absolute Gasteiger partial charge is 0.469 e. The van der Waals surface area contributed by atoms with Crippen LogP contribution in [0.4, 0.5) is 4.79 Å². The zero-order valence-corrected chi connectivity index (χ0v) is 13.5. The standard InChI is InChI=1S/C14H27N3O4/c1-14(2,3)21-13(19)15-17-10-8-16(9-11-17)7-5-6-12(18)20-4/h5-11H2,1-4H3,(H,15,19). The number of nitrogens with one attached hydrogen (secondary N) is 1. The molecule has 1 amide bonds. The summed E-state index contributed by atoms with van der Waals surface area (Å²) in [6.45, 7) is 9.60. The Labute approximate surface area is 126 Å². The Hall–Kier alpha value is -1.34. The second-order valence-electron chi connectivity index (χ2n) is 6.12. The van der Waals surface area contributed by atoms with Gasteiger partial charge in [-0.15, -0.1) is 0 Å². The van der Waals surface area contributed by atoms with E-state index < -0.39 is 11.7 Å². The van der Waals surface area contributed by atoms with Crippen LogP contribution in [0.1, 0.15) is 33.6 Å². The highest BCUT2D eigenvalue weighted by Crippen LogP contribution is 2.07. The first kappa shape index (κ1) is 17.7. The van der Waals surface area contributed by atoms with Gasteiger partial charge >= 0.3 is 12.1 Å². The van der Waals surface area contributed by atoms with Gasteiger partial charge in [-0.25, -0.2) is 9.80 Å². The van der Waals surface area contributed by atoms with Crippen molar-refractivity contribution < 1.29 is 19.1 Å². The number of carbonyl (C=O) groups is 2. The molecule has 1 N–H and O–H groups in total. The number of esters is 1. The van der Waals surface area contributed by atoms with Crippen molar-refractivity contribution >= 4 is 12.1 Å². The van der Waals surface area contributed by atoms with Gasteiger partial charge in [-0.1, -0.05) is 0 Å². The molecule has 0 aromatic heterocycles. The molecule has 0 aromatic carbocycles. The van der Waals surface area contributed by atoms with E-state index in [1.54, 1.807) is 0 Å². The summed E-state index contributed by atoms with van der Waals surface area (Å²) >= 11 is 0. The lowest BCUT2D eigenvalue weighted by atomic mass is 10.2.